The van der Waals surface area contributed by atoms with Crippen molar-refractivity contribution in [1.82, 2.24) is 0 Å². The highest BCUT2D eigenvalue weighted by molar-refractivity contribution is 9.10. The molecule has 0 aromatic heterocycles. The van der Waals surface area contributed by atoms with Crippen LogP contribution in [0.25, 0.3) is 0 Å². The molecule has 4 nitrogen and oxygen atoms in total. The van der Waals surface area contributed by atoms with Gasteiger partial charge in [0.05, 0.1) is 12.2 Å². The summed E-state index contributed by atoms with van der Waals surface area (Å²) in [6, 6.07) is 13.4. The van der Waals surface area contributed by atoms with Crippen molar-refractivity contribution < 1.29 is 9.53 Å². The molecular weight excluding hydrogens is 332 g/mol. The topological polar surface area (TPSA) is 50.4 Å². The van der Waals surface area contributed by atoms with Crippen LogP contribution in [0.5, 0.6) is 5.75 Å². The number of fused-ring (bicyclic) bond motifs is 1. The molecule has 0 aliphatic carbocycles. The highest BCUT2D eigenvalue weighted by atomic mass is 79.9. The molecule has 108 valence electrons. The Balaban J connectivity index is 1.72. The van der Waals surface area contributed by atoms with Crippen LogP contribution in [-0.4, -0.2) is 18.6 Å². The predicted octanol–water partition coefficient (Wildman–Crippen LogP) is 3.57. The van der Waals surface area contributed by atoms with Gasteiger partial charge in [0.15, 0.2) is 6.10 Å². The Labute approximate surface area is 131 Å². The largest absolute Gasteiger partial charge is 0.477 e. The molecule has 21 heavy (non-hydrogen) atoms. The van der Waals surface area contributed by atoms with Crippen LogP contribution in [-0.2, 0) is 4.79 Å². The van der Waals surface area contributed by atoms with Crippen molar-refractivity contribution in [2.75, 3.05) is 17.2 Å². The number of para-hydroxylation sites is 2. The lowest BCUT2D eigenvalue weighted by molar-refractivity contribution is -0.122. The van der Waals surface area contributed by atoms with Crippen molar-refractivity contribution in [1.29, 1.82) is 0 Å². The quantitative estimate of drug-likeness (QED) is 0.873. The summed E-state index contributed by atoms with van der Waals surface area (Å²) in [4.78, 5) is 12.3. The van der Waals surface area contributed by atoms with Gasteiger partial charge in [-0.15, -0.1) is 0 Å². The Morgan fingerprint density at radius 3 is 2.95 bits per heavy atom. The summed E-state index contributed by atoms with van der Waals surface area (Å²) < 4.78 is 6.68. The highest BCUT2D eigenvalue weighted by Crippen LogP contribution is 2.28. The van der Waals surface area contributed by atoms with Gasteiger partial charge in [0.2, 0.25) is 0 Å². The summed E-state index contributed by atoms with van der Waals surface area (Å²) >= 11 is 3.43. The van der Waals surface area contributed by atoms with Gasteiger partial charge in [-0.05, 0) is 42.8 Å². The number of benzene rings is 2. The highest BCUT2D eigenvalue weighted by Gasteiger charge is 2.25. The molecule has 1 aliphatic rings. The molecule has 0 spiro atoms. The van der Waals surface area contributed by atoms with Crippen LogP contribution in [0.2, 0.25) is 0 Å². The van der Waals surface area contributed by atoms with E-state index >= 15 is 0 Å². The third kappa shape index (κ3) is 3.19. The number of aryl methyl sites for hydroxylation is 1. The smallest absolute Gasteiger partial charge is 0.267 e. The van der Waals surface area contributed by atoms with Crippen LogP contribution in [0, 0.1) is 6.92 Å². The number of carbonyl (C=O) groups excluding carboxylic acids is 1. The zero-order chi connectivity index (χ0) is 14.8. The number of anilines is 2. The molecule has 1 heterocycles. The second-order valence-corrected chi connectivity index (χ2v) is 5.91. The van der Waals surface area contributed by atoms with Gasteiger partial charge in [-0.3, -0.25) is 4.79 Å². The number of amides is 1. The van der Waals surface area contributed by atoms with Crippen molar-refractivity contribution in [2.24, 2.45) is 0 Å². The number of nitrogens with one attached hydrogen (secondary N) is 2. The fourth-order valence-corrected chi connectivity index (χ4v) is 2.90. The molecule has 1 unspecified atom stereocenters. The second kappa shape index (κ2) is 5.77. The minimum Gasteiger partial charge on any atom is -0.477 e. The molecule has 0 radical (unpaired) electrons. The first kappa shape index (κ1) is 13.9. The van der Waals surface area contributed by atoms with Gasteiger partial charge in [0.25, 0.3) is 5.91 Å². The summed E-state index contributed by atoms with van der Waals surface area (Å²) in [6.07, 6.45) is -0.542. The molecule has 0 saturated carbocycles. The fraction of sp³-hybridized carbons (Fsp3) is 0.188. The molecule has 5 heteroatoms. The number of rotatable bonds is 2. The lowest BCUT2D eigenvalue weighted by Gasteiger charge is -2.26. The second-order valence-electron chi connectivity index (χ2n) is 4.99. The van der Waals surface area contributed by atoms with E-state index in [4.69, 9.17) is 4.74 Å². The average molecular weight is 347 g/mol. The summed E-state index contributed by atoms with van der Waals surface area (Å²) in [5.74, 6) is 0.545. The van der Waals surface area contributed by atoms with Gasteiger partial charge in [-0.25, -0.2) is 0 Å². The van der Waals surface area contributed by atoms with Crippen molar-refractivity contribution in [2.45, 2.75) is 13.0 Å². The van der Waals surface area contributed by atoms with Crippen LogP contribution >= 0.6 is 15.9 Å². The van der Waals surface area contributed by atoms with Crippen LogP contribution in [0.1, 0.15) is 5.56 Å². The number of hydrogen-bond acceptors (Lipinski definition) is 3. The van der Waals surface area contributed by atoms with Crippen molar-refractivity contribution in [3.8, 4) is 5.75 Å². The molecule has 3 rings (SSSR count). The van der Waals surface area contributed by atoms with Crippen molar-refractivity contribution in [3.05, 3.63) is 52.5 Å². The SMILES string of the molecule is Cc1cc(Br)cc(NC(=O)C2CNc3ccccc3O2)c1. The van der Waals surface area contributed by atoms with E-state index in [1.165, 1.54) is 0 Å². The van der Waals surface area contributed by atoms with Crippen LogP contribution in [0.4, 0.5) is 11.4 Å². The maximum absolute atomic E-state index is 12.3. The minimum absolute atomic E-state index is 0.158. The zero-order valence-electron chi connectivity index (χ0n) is 11.5. The van der Waals surface area contributed by atoms with Gasteiger partial charge < -0.3 is 15.4 Å². The van der Waals surface area contributed by atoms with E-state index in [1.807, 2.05) is 49.4 Å². The van der Waals surface area contributed by atoms with Gasteiger partial charge >= 0.3 is 0 Å². The van der Waals surface area contributed by atoms with Gasteiger partial charge in [0, 0.05) is 10.2 Å². The number of hydrogen-bond donors (Lipinski definition) is 2. The Morgan fingerprint density at radius 2 is 2.14 bits per heavy atom. The van der Waals surface area contributed by atoms with Gasteiger partial charge in [-0.1, -0.05) is 28.1 Å². The number of ether oxygens (including phenoxy) is 1. The molecule has 1 amide bonds. The standard InChI is InChI=1S/C16H15BrN2O2/c1-10-6-11(17)8-12(7-10)19-16(20)15-9-18-13-4-2-3-5-14(13)21-15/h2-8,15,18H,9H2,1H3,(H,19,20). The van der Waals surface area contributed by atoms with Crippen molar-refractivity contribution in [3.63, 3.8) is 0 Å². The lowest BCUT2D eigenvalue weighted by atomic mass is 10.2. The Hall–Kier alpha value is -2.01. The Bertz CT molecular complexity index is 667. The summed E-state index contributed by atoms with van der Waals surface area (Å²) in [7, 11) is 0. The maximum atomic E-state index is 12.3. The van der Waals surface area contributed by atoms with Crippen LogP contribution < -0.4 is 15.4 Å². The maximum Gasteiger partial charge on any atom is 0.267 e. The molecule has 0 fully saturated rings. The van der Waals surface area contributed by atoms with E-state index in [-0.39, 0.29) is 5.91 Å². The predicted molar refractivity (Wildman–Crippen MR) is 86.9 cm³/mol. The van der Waals surface area contributed by atoms with Crippen LogP contribution in [0.15, 0.2) is 46.9 Å². The molecular formula is C16H15BrN2O2. The average Bonchev–Trinajstić information content (AvgIpc) is 2.45. The zero-order valence-corrected chi connectivity index (χ0v) is 13.1. The number of halogens is 1. The normalized spacial score (nSPS) is 16.4. The van der Waals surface area contributed by atoms with E-state index < -0.39 is 6.10 Å². The monoisotopic (exact) mass is 346 g/mol. The summed E-state index contributed by atoms with van der Waals surface area (Å²) in [5.41, 5.74) is 2.75. The van der Waals surface area contributed by atoms with E-state index in [0.717, 1.165) is 21.4 Å². The molecule has 1 atom stereocenters. The van der Waals surface area contributed by atoms with Crippen molar-refractivity contribution >= 4 is 33.2 Å². The van der Waals surface area contributed by atoms with E-state index in [2.05, 4.69) is 26.6 Å². The summed E-state index contributed by atoms with van der Waals surface area (Å²) in [6.45, 7) is 2.44. The van der Waals surface area contributed by atoms with Gasteiger partial charge in [-0.2, -0.15) is 0 Å². The minimum atomic E-state index is -0.542. The molecule has 0 saturated heterocycles. The molecule has 2 aromatic rings. The van der Waals surface area contributed by atoms with E-state index in [0.29, 0.717) is 12.3 Å². The first-order valence-corrected chi connectivity index (χ1v) is 7.49. The fourth-order valence-electron chi connectivity index (χ4n) is 2.29. The Kier molecular flexibility index (Phi) is 3.84. The first-order chi connectivity index (χ1) is 10.1. The molecule has 1 aliphatic heterocycles. The van der Waals surface area contributed by atoms with E-state index in [9.17, 15) is 4.79 Å². The third-order valence-electron chi connectivity index (χ3n) is 3.24. The molecule has 0 bridgehead atoms. The summed E-state index contributed by atoms with van der Waals surface area (Å²) in [5, 5.41) is 6.10. The third-order valence-corrected chi connectivity index (χ3v) is 3.69. The molecule has 2 aromatic carbocycles. The molecule has 2 N–H and O–H groups in total. The number of carbonyl (C=O) groups is 1. The van der Waals surface area contributed by atoms with Gasteiger partial charge in [0.1, 0.15) is 5.75 Å². The Morgan fingerprint density at radius 1 is 1.33 bits per heavy atom. The van der Waals surface area contributed by atoms with Crippen LogP contribution in [0.3, 0.4) is 0 Å². The van der Waals surface area contributed by atoms with E-state index in [1.54, 1.807) is 0 Å². The first-order valence-electron chi connectivity index (χ1n) is 6.69. The lowest BCUT2D eigenvalue weighted by Crippen LogP contribution is -2.41.